The number of nitrogens with one attached hydrogen (secondary N) is 1. The van der Waals surface area contributed by atoms with E-state index in [1.54, 1.807) is 18.5 Å². The number of piperidine rings is 1. The quantitative estimate of drug-likeness (QED) is 0.618. The first-order valence-corrected chi connectivity index (χ1v) is 6.38. The Morgan fingerprint density at radius 2 is 2.11 bits per heavy atom. The van der Waals surface area contributed by atoms with Gasteiger partial charge in [-0.15, -0.1) is 0 Å². The van der Waals surface area contributed by atoms with Crippen molar-refractivity contribution in [3.63, 3.8) is 0 Å². The minimum absolute atomic E-state index is 0.00995. The Bertz CT molecular complexity index is 425. The number of anilines is 1. The van der Waals surface area contributed by atoms with Crippen molar-refractivity contribution in [1.82, 2.24) is 9.88 Å². The van der Waals surface area contributed by atoms with Crippen LogP contribution in [-0.4, -0.2) is 27.9 Å². The largest absolute Gasteiger partial charge is 0.333 e. The molecule has 1 aromatic heterocycles. The highest BCUT2D eigenvalue weighted by atomic mass is 16.2. The second kappa shape index (κ2) is 5.35. The van der Waals surface area contributed by atoms with Gasteiger partial charge in [0, 0.05) is 24.5 Å². The van der Waals surface area contributed by atoms with Crippen LogP contribution < -0.4 is 11.3 Å². The van der Waals surface area contributed by atoms with Gasteiger partial charge in [0.25, 0.3) is 5.91 Å². The number of rotatable bonds is 2. The maximum atomic E-state index is 12.6. The molecule has 0 aromatic carbocycles. The number of hydrazine groups is 1. The fourth-order valence-electron chi connectivity index (χ4n) is 2.65. The van der Waals surface area contributed by atoms with Gasteiger partial charge in [-0.3, -0.25) is 15.6 Å². The molecule has 2 unspecified atom stereocenters. The third-order valence-corrected chi connectivity index (χ3v) is 3.64. The Morgan fingerprint density at radius 1 is 1.44 bits per heavy atom. The summed E-state index contributed by atoms with van der Waals surface area (Å²) < 4.78 is 0. The highest BCUT2D eigenvalue weighted by Gasteiger charge is 2.30. The maximum Gasteiger partial charge on any atom is 0.258 e. The number of amides is 1. The highest BCUT2D eigenvalue weighted by Crippen LogP contribution is 2.26. The van der Waals surface area contributed by atoms with Crippen molar-refractivity contribution >= 4 is 11.6 Å². The molecular formula is C13H20N4O. The van der Waals surface area contributed by atoms with Gasteiger partial charge in [-0.25, -0.2) is 0 Å². The first-order valence-electron chi connectivity index (χ1n) is 6.38. The zero-order valence-electron chi connectivity index (χ0n) is 10.9. The summed E-state index contributed by atoms with van der Waals surface area (Å²) in [4.78, 5) is 18.6. The SMILES string of the molecule is CC1CCCC(C)N1C(=O)c1cnccc1NN. The molecule has 3 N–H and O–H groups in total. The van der Waals surface area contributed by atoms with Crippen LogP contribution in [0.3, 0.4) is 0 Å². The molecule has 1 aliphatic heterocycles. The number of likely N-dealkylation sites (tertiary alicyclic amines) is 1. The number of pyridine rings is 1. The van der Waals surface area contributed by atoms with Crippen molar-refractivity contribution in [3.05, 3.63) is 24.0 Å². The van der Waals surface area contributed by atoms with Crippen LogP contribution in [0, 0.1) is 0 Å². The van der Waals surface area contributed by atoms with Crippen molar-refractivity contribution in [2.24, 2.45) is 5.84 Å². The van der Waals surface area contributed by atoms with E-state index in [0.29, 0.717) is 11.3 Å². The zero-order chi connectivity index (χ0) is 13.1. The maximum absolute atomic E-state index is 12.6. The third-order valence-electron chi connectivity index (χ3n) is 3.64. The van der Waals surface area contributed by atoms with E-state index in [4.69, 9.17) is 5.84 Å². The Labute approximate surface area is 107 Å². The Balaban J connectivity index is 2.29. The molecule has 1 amide bonds. The van der Waals surface area contributed by atoms with Crippen LogP contribution in [0.15, 0.2) is 18.5 Å². The van der Waals surface area contributed by atoms with E-state index in [9.17, 15) is 4.79 Å². The lowest BCUT2D eigenvalue weighted by Crippen LogP contribution is -2.47. The van der Waals surface area contributed by atoms with Gasteiger partial charge >= 0.3 is 0 Å². The molecule has 1 aromatic rings. The fraction of sp³-hybridized carbons (Fsp3) is 0.538. The number of nitrogens with zero attached hydrogens (tertiary/aromatic N) is 2. The molecule has 1 aliphatic rings. The van der Waals surface area contributed by atoms with E-state index < -0.39 is 0 Å². The van der Waals surface area contributed by atoms with E-state index in [1.807, 2.05) is 4.90 Å². The normalized spacial score (nSPS) is 23.8. The van der Waals surface area contributed by atoms with Gasteiger partial charge in [-0.05, 0) is 39.2 Å². The van der Waals surface area contributed by atoms with Crippen molar-refractivity contribution in [2.75, 3.05) is 5.43 Å². The van der Waals surface area contributed by atoms with Crippen LogP contribution in [0.1, 0.15) is 43.5 Å². The van der Waals surface area contributed by atoms with Crippen LogP contribution in [0.5, 0.6) is 0 Å². The number of nitrogen functional groups attached to an aromatic ring is 1. The van der Waals surface area contributed by atoms with Crippen LogP contribution in [0.4, 0.5) is 5.69 Å². The van der Waals surface area contributed by atoms with Crippen molar-refractivity contribution in [3.8, 4) is 0 Å². The monoisotopic (exact) mass is 248 g/mol. The molecule has 5 heteroatoms. The average Bonchev–Trinajstić information content (AvgIpc) is 2.38. The van der Waals surface area contributed by atoms with Gasteiger partial charge in [0.15, 0.2) is 0 Å². The zero-order valence-corrected chi connectivity index (χ0v) is 10.9. The third kappa shape index (κ3) is 2.31. The van der Waals surface area contributed by atoms with Gasteiger partial charge in [0.2, 0.25) is 0 Å². The molecule has 0 spiro atoms. The lowest BCUT2D eigenvalue weighted by Gasteiger charge is -2.39. The number of aromatic nitrogens is 1. The molecule has 0 bridgehead atoms. The molecule has 0 aliphatic carbocycles. The molecule has 1 fully saturated rings. The Hall–Kier alpha value is -1.62. The summed E-state index contributed by atoms with van der Waals surface area (Å²) in [7, 11) is 0. The number of carbonyl (C=O) groups is 1. The predicted octanol–water partition coefficient (Wildman–Crippen LogP) is 1.77. The molecule has 0 saturated carbocycles. The molecule has 5 nitrogen and oxygen atoms in total. The number of nitrogens with two attached hydrogens (primary N) is 1. The average molecular weight is 248 g/mol. The minimum Gasteiger partial charge on any atom is -0.333 e. The van der Waals surface area contributed by atoms with E-state index in [2.05, 4.69) is 24.3 Å². The molecule has 1 saturated heterocycles. The van der Waals surface area contributed by atoms with Gasteiger partial charge in [-0.1, -0.05) is 0 Å². The summed E-state index contributed by atoms with van der Waals surface area (Å²) in [6.07, 6.45) is 6.49. The van der Waals surface area contributed by atoms with E-state index in [-0.39, 0.29) is 18.0 Å². The van der Waals surface area contributed by atoms with Gasteiger partial charge in [0.05, 0.1) is 11.3 Å². The highest BCUT2D eigenvalue weighted by molar-refractivity contribution is 5.99. The lowest BCUT2D eigenvalue weighted by atomic mass is 9.96. The van der Waals surface area contributed by atoms with Crippen LogP contribution >= 0.6 is 0 Å². The van der Waals surface area contributed by atoms with Gasteiger partial charge in [-0.2, -0.15) is 0 Å². The van der Waals surface area contributed by atoms with Crippen LogP contribution in [0.25, 0.3) is 0 Å². The Morgan fingerprint density at radius 3 is 2.72 bits per heavy atom. The number of carbonyl (C=O) groups excluding carboxylic acids is 1. The summed E-state index contributed by atoms with van der Waals surface area (Å²) in [5.74, 6) is 5.45. The molecule has 2 rings (SSSR count). The van der Waals surface area contributed by atoms with Gasteiger partial charge in [0.1, 0.15) is 0 Å². The van der Waals surface area contributed by atoms with E-state index in [1.165, 1.54) is 6.42 Å². The Kier molecular flexibility index (Phi) is 3.81. The predicted molar refractivity (Wildman–Crippen MR) is 71.0 cm³/mol. The summed E-state index contributed by atoms with van der Waals surface area (Å²) in [5.41, 5.74) is 3.72. The standard InChI is InChI=1S/C13H20N4O/c1-9-4-3-5-10(2)17(9)13(18)11-8-15-7-6-12(11)16-14/h6-10H,3-5,14H2,1-2H3,(H,15,16). The van der Waals surface area contributed by atoms with Crippen LogP contribution in [0.2, 0.25) is 0 Å². The molecular weight excluding hydrogens is 228 g/mol. The molecule has 98 valence electrons. The second-order valence-electron chi connectivity index (χ2n) is 4.91. The van der Waals surface area contributed by atoms with Crippen molar-refractivity contribution in [1.29, 1.82) is 0 Å². The second-order valence-corrected chi connectivity index (χ2v) is 4.91. The summed E-state index contributed by atoms with van der Waals surface area (Å²) in [6, 6.07) is 2.26. The lowest BCUT2D eigenvalue weighted by molar-refractivity contribution is 0.0511. The minimum atomic E-state index is 0.00995. The number of hydrogen-bond acceptors (Lipinski definition) is 4. The summed E-state index contributed by atoms with van der Waals surface area (Å²) in [6.45, 7) is 4.19. The van der Waals surface area contributed by atoms with E-state index >= 15 is 0 Å². The number of hydrogen-bond donors (Lipinski definition) is 2. The summed E-state index contributed by atoms with van der Waals surface area (Å²) in [5, 5.41) is 0. The summed E-state index contributed by atoms with van der Waals surface area (Å²) >= 11 is 0. The van der Waals surface area contributed by atoms with E-state index in [0.717, 1.165) is 12.8 Å². The van der Waals surface area contributed by atoms with Crippen molar-refractivity contribution in [2.45, 2.75) is 45.2 Å². The molecule has 0 radical (unpaired) electrons. The van der Waals surface area contributed by atoms with Gasteiger partial charge < -0.3 is 10.3 Å². The molecule has 2 atom stereocenters. The van der Waals surface area contributed by atoms with Crippen LogP contribution in [-0.2, 0) is 0 Å². The first-order chi connectivity index (χ1) is 8.65. The fourth-order valence-corrected chi connectivity index (χ4v) is 2.65. The molecule has 18 heavy (non-hydrogen) atoms. The smallest absolute Gasteiger partial charge is 0.258 e. The van der Waals surface area contributed by atoms with Crippen molar-refractivity contribution < 1.29 is 4.79 Å². The first kappa shape index (κ1) is 12.8. The molecule has 2 heterocycles. The topological polar surface area (TPSA) is 71.2 Å².